The van der Waals surface area contributed by atoms with Crippen LogP contribution in [0.2, 0.25) is 0 Å². The summed E-state index contributed by atoms with van der Waals surface area (Å²) in [6.45, 7) is 6.58. The van der Waals surface area contributed by atoms with E-state index < -0.39 is 57.1 Å². The zero-order chi connectivity index (χ0) is 35.3. The predicted octanol–water partition coefficient (Wildman–Crippen LogP) is 7.68. The number of carbonyl (C=O) groups excluding carboxylic acids is 1. The number of Topliss-reactive ketones (excluding diaryl/α,β-unsaturated/α-hetero) is 1. The van der Waals surface area contributed by atoms with Crippen LogP contribution in [0.25, 0.3) is 0 Å². The van der Waals surface area contributed by atoms with Gasteiger partial charge in [0.25, 0.3) is 0 Å². The summed E-state index contributed by atoms with van der Waals surface area (Å²) in [5.74, 6) is -48.4. The van der Waals surface area contributed by atoms with Crippen molar-refractivity contribution in [2.75, 3.05) is 17.3 Å². The largest absolute Gasteiger partial charge is 0.743 e. The summed E-state index contributed by atoms with van der Waals surface area (Å²) >= 11 is 0. The van der Waals surface area contributed by atoms with Gasteiger partial charge in [-0.1, -0.05) is 26.2 Å². The van der Waals surface area contributed by atoms with Crippen LogP contribution in [-0.4, -0.2) is 83.0 Å². The van der Waals surface area contributed by atoms with E-state index in [1.54, 1.807) is 0 Å². The predicted molar refractivity (Wildman–Crippen MR) is 117 cm³/mol. The zero-order valence-corrected chi connectivity index (χ0v) is 23.7. The van der Waals surface area contributed by atoms with Crippen LogP contribution in [-0.2, 0) is 25.8 Å². The number of carbonyl (C=O) groups is 1. The molecule has 0 bridgehead atoms. The number of hydrogen-bond acceptors (Lipinski definition) is 4. The number of hydrogen-bond donors (Lipinski definition) is 0. The Bertz CT molecular complexity index is 1010. The number of rotatable bonds is 16. The fourth-order valence-electron chi connectivity index (χ4n) is 2.76. The van der Waals surface area contributed by atoms with Gasteiger partial charge >= 0.3 is 47.0 Å². The average Bonchev–Trinajstić information content (AvgIpc) is 2.83. The summed E-state index contributed by atoms with van der Waals surface area (Å²) in [6, 6.07) is 0. The Morgan fingerprint density at radius 3 is 1.23 bits per heavy atom. The lowest BCUT2D eigenvalue weighted by Crippen LogP contribution is -2.75. The van der Waals surface area contributed by atoms with E-state index >= 15 is 0 Å². The lowest BCUT2D eigenvalue weighted by atomic mass is 9.91. The number of alkyl halides is 17. The molecule has 0 saturated heterocycles. The third-order valence-corrected chi connectivity index (χ3v) is 8.75. The fourth-order valence-corrected chi connectivity index (χ4v) is 4.62. The van der Waals surface area contributed by atoms with Gasteiger partial charge in [-0.15, -0.1) is 0 Å². The van der Waals surface area contributed by atoms with Gasteiger partial charge in [0.1, 0.15) is 11.5 Å². The topological polar surface area (TPSA) is 74.3 Å². The maximum atomic E-state index is 13.0. The number of unbranched alkanes of at least 4 members (excludes halogenated alkanes) is 3. The van der Waals surface area contributed by atoms with Crippen molar-refractivity contribution in [2.24, 2.45) is 0 Å². The summed E-state index contributed by atoms with van der Waals surface area (Å²) in [6.07, 6.45) is -2.20. The minimum Gasteiger partial charge on any atom is -0.743 e. The van der Waals surface area contributed by atoms with Crippen molar-refractivity contribution in [1.29, 1.82) is 0 Å². The van der Waals surface area contributed by atoms with Crippen molar-refractivity contribution in [1.82, 2.24) is 0 Å². The van der Waals surface area contributed by atoms with Gasteiger partial charge < -0.3 is 4.55 Å². The Kier molecular flexibility index (Phi) is 14.7. The van der Waals surface area contributed by atoms with Crippen molar-refractivity contribution in [3.63, 3.8) is 0 Å². The minimum atomic E-state index is -8.92. The van der Waals surface area contributed by atoms with Gasteiger partial charge in [-0.2, -0.15) is 74.6 Å². The van der Waals surface area contributed by atoms with Gasteiger partial charge in [-0.05, 0) is 31.2 Å². The van der Waals surface area contributed by atoms with Crippen molar-refractivity contribution in [2.45, 2.75) is 99.8 Å². The van der Waals surface area contributed by atoms with Crippen LogP contribution in [0.5, 0.6) is 0 Å². The molecular formula is C20H25F17O4S2. The molecule has 0 N–H and O–H groups in total. The van der Waals surface area contributed by atoms with Crippen LogP contribution in [0.1, 0.15) is 52.9 Å². The Morgan fingerprint density at radius 1 is 0.581 bits per heavy atom. The molecule has 0 unspecified atom stereocenters. The van der Waals surface area contributed by atoms with Crippen molar-refractivity contribution >= 4 is 26.8 Å². The molecule has 0 fully saturated rings. The molecule has 0 saturated carbocycles. The maximum Gasteiger partial charge on any atom is 0.460 e. The lowest BCUT2D eigenvalue weighted by Gasteiger charge is -2.42. The van der Waals surface area contributed by atoms with Gasteiger partial charge in [0.2, 0.25) is 0 Å². The van der Waals surface area contributed by atoms with Gasteiger partial charge in [0.15, 0.2) is 21.7 Å². The molecule has 0 aromatic heterocycles. The summed E-state index contributed by atoms with van der Waals surface area (Å²) in [7, 11) is -7.77. The van der Waals surface area contributed by atoms with Crippen LogP contribution in [0.15, 0.2) is 0 Å². The van der Waals surface area contributed by atoms with E-state index in [1.807, 2.05) is 0 Å². The van der Waals surface area contributed by atoms with E-state index in [9.17, 15) is 92.4 Å². The smallest absolute Gasteiger partial charge is 0.460 e. The third-order valence-electron chi connectivity index (χ3n) is 5.50. The Balaban J connectivity index is 0. The highest BCUT2D eigenvalue weighted by Gasteiger charge is 2.95. The van der Waals surface area contributed by atoms with Crippen LogP contribution >= 0.6 is 0 Å². The second-order valence-corrected chi connectivity index (χ2v) is 12.7. The summed E-state index contributed by atoms with van der Waals surface area (Å²) in [4.78, 5) is 11.5. The fraction of sp³-hybridized carbons (Fsp3) is 0.950. The highest BCUT2D eigenvalue weighted by Crippen LogP contribution is 2.64. The molecule has 4 nitrogen and oxygen atoms in total. The molecule has 0 aliphatic carbocycles. The normalized spacial score (nSPS) is 14.9. The second kappa shape index (κ2) is 14.4. The SMILES string of the molecule is CCCCCCC(=O)C[S+](CC)CC.O=S(=O)([O-])C(F)(F)C(F)(F)C(F)(F)C(F)(F)C(F)(F)C(F)(F)C(F)(F)C(F)(F)F. The molecule has 0 radical (unpaired) electrons. The van der Waals surface area contributed by atoms with E-state index in [1.165, 1.54) is 30.8 Å². The van der Waals surface area contributed by atoms with Gasteiger partial charge in [0.05, 0.1) is 0 Å². The molecular weight excluding hydrogens is 691 g/mol. The highest BCUT2D eigenvalue weighted by atomic mass is 32.2. The van der Waals surface area contributed by atoms with Gasteiger partial charge in [0, 0.05) is 6.42 Å². The first-order valence-corrected chi connectivity index (χ1v) is 14.7. The van der Waals surface area contributed by atoms with Crippen molar-refractivity contribution < 1.29 is 92.4 Å². The molecule has 23 heteroatoms. The average molecular weight is 717 g/mol. The highest BCUT2D eigenvalue weighted by molar-refractivity contribution is 7.97. The number of ketones is 1. The van der Waals surface area contributed by atoms with E-state index in [0.717, 1.165) is 18.6 Å². The first-order valence-electron chi connectivity index (χ1n) is 11.6. The van der Waals surface area contributed by atoms with E-state index in [-0.39, 0.29) is 0 Å². The van der Waals surface area contributed by atoms with E-state index in [4.69, 9.17) is 0 Å². The number of halogens is 17. The Morgan fingerprint density at radius 2 is 0.930 bits per heavy atom. The Hall–Kier alpha value is -1.26. The summed E-state index contributed by atoms with van der Waals surface area (Å²) in [5.41, 5.74) is 0. The molecule has 0 aromatic carbocycles. The molecule has 43 heavy (non-hydrogen) atoms. The van der Waals surface area contributed by atoms with E-state index in [2.05, 4.69) is 20.8 Å². The molecule has 0 aliphatic heterocycles. The molecule has 0 amide bonds. The molecule has 0 heterocycles. The van der Waals surface area contributed by atoms with Crippen molar-refractivity contribution in [3.8, 4) is 0 Å². The molecule has 260 valence electrons. The minimum absolute atomic E-state index is 0.375. The first-order chi connectivity index (χ1) is 18.7. The summed E-state index contributed by atoms with van der Waals surface area (Å²) < 4.78 is 244. The third kappa shape index (κ3) is 8.51. The molecule has 0 atom stereocenters. The quantitative estimate of drug-likeness (QED) is 0.0712. The molecule has 0 aromatic rings. The van der Waals surface area contributed by atoms with Crippen LogP contribution in [0.3, 0.4) is 0 Å². The van der Waals surface area contributed by atoms with Crippen LogP contribution < -0.4 is 0 Å². The van der Waals surface area contributed by atoms with Crippen LogP contribution in [0.4, 0.5) is 74.6 Å². The molecule has 0 rings (SSSR count). The first kappa shape index (κ1) is 43.9. The lowest BCUT2D eigenvalue weighted by molar-refractivity contribution is -0.458. The zero-order valence-electron chi connectivity index (χ0n) is 22.0. The summed E-state index contributed by atoms with van der Waals surface area (Å²) in [5, 5.41) is -7.95. The van der Waals surface area contributed by atoms with E-state index in [0.29, 0.717) is 16.7 Å². The van der Waals surface area contributed by atoms with Crippen molar-refractivity contribution in [3.05, 3.63) is 0 Å². The monoisotopic (exact) mass is 716 g/mol. The molecule has 0 spiro atoms. The van der Waals surface area contributed by atoms with Crippen LogP contribution in [0, 0.1) is 0 Å². The standard InChI is InChI=1S/C12H25OS.C8HF17O3S/c1-4-7-8-9-10-12(13)11-14(5-2)6-3;9-1(10,3(13,14)5(17,18)7(21,22)23)2(11,12)4(15,16)6(19,20)8(24,25)29(26,27)28/h4-11H2,1-3H3;(H,26,27,28)/q+1;/p-1. The second-order valence-electron chi connectivity index (χ2n) is 8.60. The van der Waals surface area contributed by atoms with Gasteiger partial charge in [-0.3, -0.25) is 4.79 Å². The Labute approximate surface area is 236 Å². The molecule has 0 aliphatic rings. The van der Waals surface area contributed by atoms with Gasteiger partial charge in [-0.25, -0.2) is 8.42 Å². The maximum absolute atomic E-state index is 13.0.